The van der Waals surface area contributed by atoms with Crippen molar-refractivity contribution in [1.82, 2.24) is 10.1 Å². The van der Waals surface area contributed by atoms with Gasteiger partial charge >= 0.3 is 0 Å². The van der Waals surface area contributed by atoms with Crippen LogP contribution in [0.3, 0.4) is 0 Å². The molecule has 0 spiro atoms. The Labute approximate surface area is 77.5 Å². The Morgan fingerprint density at radius 3 is 2.85 bits per heavy atom. The van der Waals surface area contributed by atoms with Crippen LogP contribution in [0.2, 0.25) is 0 Å². The van der Waals surface area contributed by atoms with Crippen molar-refractivity contribution in [2.24, 2.45) is 11.7 Å². The topological polar surface area (TPSA) is 64.9 Å². The summed E-state index contributed by atoms with van der Waals surface area (Å²) in [5.74, 6) is 2.14. The SMILES string of the molecule is C[C@@H](N)c1nc(CC2CCC2)no1. The molecule has 2 rings (SSSR count). The maximum Gasteiger partial charge on any atom is 0.243 e. The highest BCUT2D eigenvalue weighted by Gasteiger charge is 2.20. The van der Waals surface area contributed by atoms with Crippen molar-refractivity contribution < 1.29 is 4.52 Å². The lowest BCUT2D eigenvalue weighted by atomic mass is 9.83. The van der Waals surface area contributed by atoms with Crippen molar-refractivity contribution in [1.29, 1.82) is 0 Å². The van der Waals surface area contributed by atoms with Gasteiger partial charge in [0.15, 0.2) is 5.82 Å². The second-order valence-corrected chi connectivity index (χ2v) is 3.84. The number of nitrogens with two attached hydrogens (primary N) is 1. The van der Waals surface area contributed by atoms with E-state index in [-0.39, 0.29) is 6.04 Å². The van der Waals surface area contributed by atoms with E-state index in [2.05, 4.69) is 10.1 Å². The molecule has 1 aliphatic carbocycles. The maximum absolute atomic E-state index is 5.61. The third-order valence-electron chi connectivity index (χ3n) is 2.57. The van der Waals surface area contributed by atoms with E-state index in [1.54, 1.807) is 0 Å². The van der Waals surface area contributed by atoms with Crippen molar-refractivity contribution in [3.63, 3.8) is 0 Å². The van der Waals surface area contributed by atoms with E-state index in [4.69, 9.17) is 10.3 Å². The summed E-state index contributed by atoms with van der Waals surface area (Å²) in [5.41, 5.74) is 5.61. The summed E-state index contributed by atoms with van der Waals surface area (Å²) in [6, 6.07) is -0.150. The first-order valence-corrected chi connectivity index (χ1v) is 4.84. The molecule has 4 nitrogen and oxygen atoms in total. The van der Waals surface area contributed by atoms with Crippen LogP contribution in [0.4, 0.5) is 0 Å². The molecule has 1 heterocycles. The van der Waals surface area contributed by atoms with Crippen LogP contribution in [0.15, 0.2) is 4.52 Å². The lowest BCUT2D eigenvalue weighted by molar-refractivity contribution is 0.301. The zero-order chi connectivity index (χ0) is 9.26. The number of hydrogen-bond donors (Lipinski definition) is 1. The first-order valence-electron chi connectivity index (χ1n) is 4.84. The van der Waals surface area contributed by atoms with Gasteiger partial charge in [0.2, 0.25) is 5.89 Å². The van der Waals surface area contributed by atoms with Gasteiger partial charge < -0.3 is 10.3 Å². The molecular weight excluding hydrogens is 166 g/mol. The number of nitrogens with zero attached hydrogens (tertiary/aromatic N) is 2. The zero-order valence-corrected chi connectivity index (χ0v) is 7.86. The fraction of sp³-hybridized carbons (Fsp3) is 0.778. The van der Waals surface area contributed by atoms with Crippen molar-refractivity contribution in [3.05, 3.63) is 11.7 Å². The van der Waals surface area contributed by atoms with Gasteiger partial charge in [-0.2, -0.15) is 4.98 Å². The summed E-state index contributed by atoms with van der Waals surface area (Å²) in [6.45, 7) is 1.85. The molecule has 0 amide bonds. The van der Waals surface area contributed by atoms with Crippen LogP contribution in [0.25, 0.3) is 0 Å². The highest BCUT2D eigenvalue weighted by molar-refractivity contribution is 4.92. The molecule has 1 atom stereocenters. The largest absolute Gasteiger partial charge is 0.338 e. The zero-order valence-electron chi connectivity index (χ0n) is 7.86. The van der Waals surface area contributed by atoms with Gasteiger partial charge in [0, 0.05) is 6.42 Å². The van der Waals surface area contributed by atoms with Crippen molar-refractivity contribution in [2.75, 3.05) is 0 Å². The third-order valence-corrected chi connectivity index (χ3v) is 2.57. The second kappa shape index (κ2) is 3.46. The molecule has 0 radical (unpaired) electrons. The van der Waals surface area contributed by atoms with Crippen LogP contribution < -0.4 is 5.73 Å². The molecule has 1 aliphatic rings. The van der Waals surface area contributed by atoms with Gasteiger partial charge in [0.25, 0.3) is 0 Å². The summed E-state index contributed by atoms with van der Waals surface area (Å²) >= 11 is 0. The van der Waals surface area contributed by atoms with Gasteiger partial charge in [-0.25, -0.2) is 0 Å². The smallest absolute Gasteiger partial charge is 0.243 e. The Bertz CT molecular complexity index is 278. The fourth-order valence-electron chi connectivity index (χ4n) is 1.49. The van der Waals surface area contributed by atoms with E-state index in [0.29, 0.717) is 5.89 Å². The van der Waals surface area contributed by atoms with Crippen LogP contribution in [0, 0.1) is 5.92 Å². The molecule has 2 N–H and O–H groups in total. The number of rotatable bonds is 3. The molecule has 0 saturated heterocycles. The Hall–Kier alpha value is -0.900. The summed E-state index contributed by atoms with van der Waals surface area (Å²) in [5, 5.41) is 3.89. The third kappa shape index (κ3) is 1.88. The van der Waals surface area contributed by atoms with Crippen LogP contribution >= 0.6 is 0 Å². The molecule has 0 bridgehead atoms. The first-order chi connectivity index (χ1) is 6.25. The Morgan fingerprint density at radius 2 is 2.38 bits per heavy atom. The maximum atomic E-state index is 5.61. The lowest BCUT2D eigenvalue weighted by Gasteiger charge is -2.23. The van der Waals surface area contributed by atoms with E-state index in [1.807, 2.05) is 6.92 Å². The van der Waals surface area contributed by atoms with Gasteiger partial charge in [-0.05, 0) is 12.8 Å². The molecule has 0 unspecified atom stereocenters. The minimum absolute atomic E-state index is 0.150. The molecule has 13 heavy (non-hydrogen) atoms. The highest BCUT2D eigenvalue weighted by Crippen LogP contribution is 2.28. The van der Waals surface area contributed by atoms with Crippen LogP contribution in [-0.2, 0) is 6.42 Å². The van der Waals surface area contributed by atoms with Crippen LogP contribution in [0.5, 0.6) is 0 Å². The minimum Gasteiger partial charge on any atom is -0.338 e. The molecule has 4 heteroatoms. The molecule has 1 fully saturated rings. The van der Waals surface area contributed by atoms with Crippen LogP contribution in [-0.4, -0.2) is 10.1 Å². The quantitative estimate of drug-likeness (QED) is 0.766. The minimum atomic E-state index is -0.150. The van der Waals surface area contributed by atoms with Crippen molar-refractivity contribution in [2.45, 2.75) is 38.6 Å². The highest BCUT2D eigenvalue weighted by atomic mass is 16.5. The molecular formula is C9H15N3O. The molecule has 1 saturated carbocycles. The first kappa shape index (κ1) is 8.69. The summed E-state index contributed by atoms with van der Waals surface area (Å²) in [4.78, 5) is 4.23. The molecule has 0 aliphatic heterocycles. The standard InChI is InChI=1S/C9H15N3O/c1-6(10)9-11-8(12-13-9)5-7-3-2-4-7/h6-7H,2-5,10H2,1H3/t6-/m1/s1. The summed E-state index contributed by atoms with van der Waals surface area (Å²) in [6.07, 6.45) is 4.92. The van der Waals surface area contributed by atoms with Gasteiger partial charge in [-0.1, -0.05) is 24.4 Å². The normalized spacial score (nSPS) is 19.8. The fourth-order valence-corrected chi connectivity index (χ4v) is 1.49. The molecule has 0 aromatic carbocycles. The van der Waals surface area contributed by atoms with Crippen LogP contribution in [0.1, 0.15) is 43.9 Å². The van der Waals surface area contributed by atoms with Crippen molar-refractivity contribution >= 4 is 0 Å². The number of aromatic nitrogens is 2. The Morgan fingerprint density at radius 1 is 1.62 bits per heavy atom. The lowest BCUT2D eigenvalue weighted by Crippen LogP contribution is -2.14. The van der Waals surface area contributed by atoms with Gasteiger partial charge in [0.1, 0.15) is 0 Å². The Kier molecular flexibility index (Phi) is 2.31. The van der Waals surface area contributed by atoms with E-state index < -0.39 is 0 Å². The van der Waals surface area contributed by atoms with E-state index >= 15 is 0 Å². The predicted molar refractivity (Wildman–Crippen MR) is 47.9 cm³/mol. The van der Waals surface area contributed by atoms with Gasteiger partial charge in [-0.15, -0.1) is 0 Å². The van der Waals surface area contributed by atoms with Gasteiger partial charge in [0.05, 0.1) is 6.04 Å². The van der Waals surface area contributed by atoms with E-state index in [1.165, 1.54) is 19.3 Å². The predicted octanol–water partition coefficient (Wildman–Crippen LogP) is 1.43. The molecule has 1 aromatic rings. The second-order valence-electron chi connectivity index (χ2n) is 3.84. The van der Waals surface area contributed by atoms with E-state index in [9.17, 15) is 0 Å². The Balaban J connectivity index is 1.96. The van der Waals surface area contributed by atoms with Gasteiger partial charge in [-0.3, -0.25) is 0 Å². The molecule has 1 aromatic heterocycles. The average molecular weight is 181 g/mol. The average Bonchev–Trinajstić information content (AvgIpc) is 2.44. The summed E-state index contributed by atoms with van der Waals surface area (Å²) < 4.78 is 5.01. The molecule has 72 valence electrons. The number of hydrogen-bond acceptors (Lipinski definition) is 4. The van der Waals surface area contributed by atoms with Crippen molar-refractivity contribution in [3.8, 4) is 0 Å². The summed E-state index contributed by atoms with van der Waals surface area (Å²) in [7, 11) is 0. The monoisotopic (exact) mass is 181 g/mol. The van der Waals surface area contributed by atoms with E-state index in [0.717, 1.165) is 18.2 Å².